The first-order valence-corrected chi connectivity index (χ1v) is 8.17. The predicted molar refractivity (Wildman–Crippen MR) is 79.1 cm³/mol. The second-order valence-corrected chi connectivity index (χ2v) is 7.03. The van der Waals surface area contributed by atoms with Gasteiger partial charge < -0.3 is 0 Å². The Bertz CT molecular complexity index is 764. The second kappa shape index (κ2) is 4.36. The molecule has 3 aromatic heterocycles. The van der Waals surface area contributed by atoms with Crippen LogP contribution in [0.1, 0.15) is 48.3 Å². The molecule has 0 aromatic carbocycles. The van der Waals surface area contributed by atoms with E-state index in [2.05, 4.69) is 43.2 Å². The van der Waals surface area contributed by atoms with E-state index in [4.69, 9.17) is 0 Å². The Hall–Kier alpha value is -1.28. The van der Waals surface area contributed by atoms with E-state index in [1.807, 2.05) is 22.3 Å². The van der Waals surface area contributed by atoms with Gasteiger partial charge in [0.2, 0.25) is 4.96 Å². The number of hydrogen-bond donors (Lipinski definition) is 0. The minimum absolute atomic E-state index is 0.0961. The maximum Gasteiger partial charge on any atom is 0.234 e. The van der Waals surface area contributed by atoms with Crippen molar-refractivity contribution in [2.24, 2.45) is 0 Å². The summed E-state index contributed by atoms with van der Waals surface area (Å²) in [6.45, 7) is 4.08. The minimum Gasteiger partial charge on any atom is -0.262 e. The van der Waals surface area contributed by atoms with Gasteiger partial charge in [-0.1, -0.05) is 11.3 Å². The highest BCUT2D eigenvalue weighted by Gasteiger charge is 2.30. The van der Waals surface area contributed by atoms with Gasteiger partial charge in [-0.15, -0.1) is 10.2 Å². The average Bonchev–Trinajstić information content (AvgIpc) is 2.91. The molecule has 20 heavy (non-hydrogen) atoms. The summed E-state index contributed by atoms with van der Waals surface area (Å²) in [7, 11) is 0. The summed E-state index contributed by atoms with van der Waals surface area (Å²) >= 11 is 5.08. The van der Waals surface area contributed by atoms with Crippen LogP contribution in [0.4, 0.5) is 0 Å². The molecule has 0 amide bonds. The summed E-state index contributed by atoms with van der Waals surface area (Å²) in [6, 6.07) is 0.0961. The molecule has 1 aliphatic carbocycles. The average molecular weight is 353 g/mol. The van der Waals surface area contributed by atoms with Crippen molar-refractivity contribution >= 4 is 32.2 Å². The van der Waals surface area contributed by atoms with Crippen LogP contribution in [0.15, 0.2) is 10.7 Å². The first kappa shape index (κ1) is 12.5. The number of hydrogen-bond acceptors (Lipinski definition) is 5. The number of aromatic nitrogens is 6. The maximum absolute atomic E-state index is 4.68. The van der Waals surface area contributed by atoms with E-state index in [9.17, 15) is 0 Å². The molecule has 1 saturated carbocycles. The Labute approximate surface area is 128 Å². The van der Waals surface area contributed by atoms with Crippen molar-refractivity contribution in [3.63, 3.8) is 0 Å². The largest absolute Gasteiger partial charge is 0.262 e. The Balaban J connectivity index is 1.73. The molecule has 0 aliphatic heterocycles. The fourth-order valence-corrected chi connectivity index (χ4v) is 3.36. The van der Waals surface area contributed by atoms with E-state index in [1.54, 1.807) is 11.3 Å². The fourth-order valence-electron chi connectivity index (χ4n) is 2.18. The zero-order valence-electron chi connectivity index (χ0n) is 11.1. The van der Waals surface area contributed by atoms with Crippen LogP contribution in [-0.2, 0) is 0 Å². The Morgan fingerprint density at radius 2 is 2.15 bits per heavy atom. The molecule has 4 rings (SSSR count). The van der Waals surface area contributed by atoms with Crippen LogP contribution >= 0.6 is 27.3 Å². The van der Waals surface area contributed by atoms with Gasteiger partial charge in [0.15, 0.2) is 5.82 Å². The third-order valence-electron chi connectivity index (χ3n) is 3.58. The Morgan fingerprint density at radius 3 is 2.80 bits per heavy atom. The van der Waals surface area contributed by atoms with E-state index in [1.165, 1.54) is 12.8 Å². The molecule has 0 N–H and O–H groups in total. The van der Waals surface area contributed by atoms with Crippen LogP contribution in [0, 0.1) is 6.92 Å². The zero-order valence-corrected chi connectivity index (χ0v) is 13.5. The molecule has 1 fully saturated rings. The summed E-state index contributed by atoms with van der Waals surface area (Å²) in [5.74, 6) is 1.56. The van der Waals surface area contributed by atoms with Gasteiger partial charge in [0.1, 0.15) is 11.0 Å². The summed E-state index contributed by atoms with van der Waals surface area (Å²) in [5.41, 5.74) is 0.985. The first-order chi connectivity index (χ1) is 9.63. The van der Waals surface area contributed by atoms with Gasteiger partial charge >= 0.3 is 0 Å². The van der Waals surface area contributed by atoms with E-state index < -0.39 is 0 Å². The van der Waals surface area contributed by atoms with E-state index in [-0.39, 0.29) is 6.04 Å². The number of nitrogens with zero attached hydrogens (tertiary/aromatic N) is 6. The minimum atomic E-state index is 0.0961. The van der Waals surface area contributed by atoms with E-state index >= 15 is 0 Å². The first-order valence-electron chi connectivity index (χ1n) is 6.57. The smallest absolute Gasteiger partial charge is 0.234 e. The zero-order chi connectivity index (χ0) is 13.9. The van der Waals surface area contributed by atoms with Crippen LogP contribution in [0.5, 0.6) is 0 Å². The fraction of sp³-hybridized carbons (Fsp3) is 0.500. The number of rotatable bonds is 3. The molecule has 8 heteroatoms. The van der Waals surface area contributed by atoms with Gasteiger partial charge in [0.05, 0.1) is 10.2 Å². The van der Waals surface area contributed by atoms with Crippen LogP contribution in [-0.4, -0.2) is 29.6 Å². The summed E-state index contributed by atoms with van der Waals surface area (Å²) in [4.78, 5) is 0.872. The van der Waals surface area contributed by atoms with Gasteiger partial charge in [-0.2, -0.15) is 14.7 Å². The van der Waals surface area contributed by atoms with Crippen molar-refractivity contribution < 1.29 is 0 Å². The molecule has 6 nitrogen and oxygen atoms in total. The van der Waals surface area contributed by atoms with Crippen molar-refractivity contribution in [1.29, 1.82) is 0 Å². The normalized spacial score (nSPS) is 16.9. The predicted octanol–water partition coefficient (Wildman–Crippen LogP) is 2.94. The van der Waals surface area contributed by atoms with E-state index in [0.717, 1.165) is 26.0 Å². The van der Waals surface area contributed by atoms with Crippen molar-refractivity contribution in [2.75, 3.05) is 0 Å². The third-order valence-corrected chi connectivity index (χ3v) is 5.43. The lowest BCUT2D eigenvalue weighted by atomic mass is 10.4. The van der Waals surface area contributed by atoms with Crippen molar-refractivity contribution in [1.82, 2.24) is 29.6 Å². The van der Waals surface area contributed by atoms with Gasteiger partial charge in [-0.3, -0.25) is 4.68 Å². The maximum atomic E-state index is 4.68. The van der Waals surface area contributed by atoms with Crippen molar-refractivity contribution in [2.45, 2.75) is 38.6 Å². The Kier molecular flexibility index (Phi) is 2.71. The summed E-state index contributed by atoms with van der Waals surface area (Å²) < 4.78 is 4.85. The lowest BCUT2D eigenvalue weighted by Crippen LogP contribution is -2.08. The van der Waals surface area contributed by atoms with Crippen LogP contribution < -0.4 is 0 Å². The number of halogens is 1. The molecule has 0 radical (unpaired) electrons. The molecule has 0 unspecified atom stereocenters. The van der Waals surface area contributed by atoms with Crippen LogP contribution in [0.2, 0.25) is 0 Å². The molecule has 0 spiro atoms. The van der Waals surface area contributed by atoms with Crippen LogP contribution in [0.3, 0.4) is 0 Å². The molecule has 1 atom stereocenters. The number of aryl methyl sites for hydroxylation is 1. The van der Waals surface area contributed by atoms with Gasteiger partial charge in [-0.25, -0.2) is 0 Å². The lowest BCUT2D eigenvalue weighted by Gasteiger charge is -2.07. The topological polar surface area (TPSA) is 60.9 Å². The molecule has 0 bridgehead atoms. The van der Waals surface area contributed by atoms with Crippen LogP contribution in [0.25, 0.3) is 4.96 Å². The SMILES string of the molecule is Cc1nn([C@@H](C)c2nn3c(C4CC4)nnc3s2)cc1Br. The molecule has 1 aliphatic rings. The quantitative estimate of drug-likeness (QED) is 0.726. The highest BCUT2D eigenvalue weighted by atomic mass is 79.9. The van der Waals surface area contributed by atoms with Gasteiger partial charge in [0.25, 0.3) is 0 Å². The molecule has 3 aromatic rings. The molecule has 104 valence electrons. The summed E-state index contributed by atoms with van der Waals surface area (Å²) in [5, 5.41) is 18.7. The van der Waals surface area contributed by atoms with Crippen molar-refractivity contribution in [3.8, 4) is 0 Å². The molecular weight excluding hydrogens is 340 g/mol. The lowest BCUT2D eigenvalue weighted by molar-refractivity contribution is 0.549. The van der Waals surface area contributed by atoms with E-state index in [0.29, 0.717) is 5.92 Å². The van der Waals surface area contributed by atoms with Gasteiger partial charge in [-0.05, 0) is 42.6 Å². The monoisotopic (exact) mass is 352 g/mol. The van der Waals surface area contributed by atoms with Gasteiger partial charge in [0, 0.05) is 12.1 Å². The molecular formula is C12H13BrN6S. The standard InChI is InChI=1S/C12H13BrN6S/c1-6-9(13)5-18(16-6)7(2)11-17-19-10(8-3-4-8)14-15-12(19)20-11/h5,7-8H,3-4H2,1-2H3/t7-/m0/s1. The highest BCUT2D eigenvalue weighted by molar-refractivity contribution is 9.10. The number of fused-ring (bicyclic) bond motifs is 1. The summed E-state index contributed by atoms with van der Waals surface area (Å²) in [6.07, 6.45) is 4.40. The molecule has 0 saturated heterocycles. The van der Waals surface area contributed by atoms with Crippen molar-refractivity contribution in [3.05, 3.63) is 27.2 Å². The molecule has 3 heterocycles. The third kappa shape index (κ3) is 1.89. The second-order valence-electron chi connectivity index (χ2n) is 5.19. The highest BCUT2D eigenvalue weighted by Crippen LogP contribution is 2.39. The Morgan fingerprint density at radius 1 is 1.35 bits per heavy atom.